The highest BCUT2D eigenvalue weighted by Crippen LogP contribution is 2.21. The highest BCUT2D eigenvalue weighted by atomic mass is 16.1. The van der Waals surface area contributed by atoms with E-state index in [9.17, 15) is 4.79 Å². The molecule has 1 aromatic carbocycles. The van der Waals surface area contributed by atoms with Crippen molar-refractivity contribution < 1.29 is 4.79 Å². The highest BCUT2D eigenvalue weighted by molar-refractivity contribution is 5.93. The van der Waals surface area contributed by atoms with Gasteiger partial charge < -0.3 is 10.2 Å². The zero-order valence-electron chi connectivity index (χ0n) is 14.1. The van der Waals surface area contributed by atoms with Crippen molar-refractivity contribution in [3.63, 3.8) is 0 Å². The average molecular weight is 324 g/mol. The molecule has 126 valence electrons. The maximum atomic E-state index is 12.3. The maximum Gasteiger partial charge on any atom is 0.254 e. The van der Waals surface area contributed by atoms with Crippen molar-refractivity contribution in [2.45, 2.75) is 45.1 Å². The van der Waals surface area contributed by atoms with E-state index < -0.39 is 0 Å². The Morgan fingerprint density at radius 2 is 1.79 bits per heavy atom. The van der Waals surface area contributed by atoms with Gasteiger partial charge in [-0.15, -0.1) is 0 Å². The number of para-hydroxylation sites is 1. The van der Waals surface area contributed by atoms with Crippen LogP contribution in [0.15, 0.2) is 42.7 Å². The summed E-state index contributed by atoms with van der Waals surface area (Å²) in [6, 6.07) is 10.3. The third kappa shape index (κ3) is 3.91. The molecular formula is C19H24N4O. The number of carbonyl (C=O) groups excluding carboxylic acids is 1. The molecule has 0 atom stereocenters. The van der Waals surface area contributed by atoms with E-state index in [1.165, 1.54) is 19.3 Å². The fraction of sp³-hybridized carbons (Fsp3) is 0.421. The maximum absolute atomic E-state index is 12.3. The second-order valence-corrected chi connectivity index (χ2v) is 6.16. The third-order valence-electron chi connectivity index (χ3n) is 4.47. The summed E-state index contributed by atoms with van der Waals surface area (Å²) in [5.74, 6) is 0.536. The molecule has 1 amide bonds. The van der Waals surface area contributed by atoms with Gasteiger partial charge in [-0.05, 0) is 31.9 Å². The molecule has 5 heteroatoms. The second-order valence-electron chi connectivity index (χ2n) is 6.16. The lowest BCUT2D eigenvalue weighted by Crippen LogP contribution is -2.36. The van der Waals surface area contributed by atoms with Gasteiger partial charge in [-0.1, -0.05) is 37.5 Å². The van der Waals surface area contributed by atoms with E-state index in [2.05, 4.69) is 22.2 Å². The summed E-state index contributed by atoms with van der Waals surface area (Å²) in [6.45, 7) is 2.82. The number of rotatable bonds is 5. The Labute approximate surface area is 143 Å². The smallest absolute Gasteiger partial charge is 0.254 e. The van der Waals surface area contributed by atoms with Crippen LogP contribution in [0.25, 0.3) is 0 Å². The van der Waals surface area contributed by atoms with Crippen LogP contribution in [-0.2, 0) is 0 Å². The average Bonchev–Trinajstić information content (AvgIpc) is 2.65. The van der Waals surface area contributed by atoms with E-state index in [-0.39, 0.29) is 5.91 Å². The largest absolute Gasteiger partial charge is 0.349 e. The summed E-state index contributed by atoms with van der Waals surface area (Å²) in [5, 5.41) is 3.10. The summed E-state index contributed by atoms with van der Waals surface area (Å²) >= 11 is 0. The fourth-order valence-electron chi connectivity index (χ4n) is 3.14. The predicted octanol–water partition coefficient (Wildman–Crippen LogP) is 3.70. The fourth-order valence-corrected chi connectivity index (χ4v) is 3.14. The Morgan fingerprint density at radius 1 is 1.12 bits per heavy atom. The molecule has 1 aliphatic rings. The van der Waals surface area contributed by atoms with Crippen LogP contribution in [0.2, 0.25) is 0 Å². The molecule has 1 N–H and O–H groups in total. The molecule has 0 spiro atoms. The first-order valence-electron chi connectivity index (χ1n) is 8.73. The van der Waals surface area contributed by atoms with Crippen LogP contribution < -0.4 is 10.2 Å². The molecule has 0 radical (unpaired) electrons. The Morgan fingerprint density at radius 3 is 2.42 bits per heavy atom. The molecule has 0 bridgehead atoms. The monoisotopic (exact) mass is 324 g/mol. The molecule has 0 unspecified atom stereocenters. The van der Waals surface area contributed by atoms with E-state index in [0.29, 0.717) is 17.6 Å². The van der Waals surface area contributed by atoms with Crippen molar-refractivity contribution in [1.82, 2.24) is 15.3 Å². The molecular weight excluding hydrogens is 300 g/mol. The number of nitrogens with zero attached hydrogens (tertiary/aromatic N) is 3. The van der Waals surface area contributed by atoms with Crippen LogP contribution in [-0.4, -0.2) is 28.5 Å². The number of hydrogen-bond donors (Lipinski definition) is 1. The van der Waals surface area contributed by atoms with Crippen molar-refractivity contribution >= 4 is 17.5 Å². The third-order valence-corrected chi connectivity index (χ3v) is 4.47. The summed E-state index contributed by atoms with van der Waals surface area (Å²) in [6.07, 6.45) is 9.05. The number of hydrogen-bond acceptors (Lipinski definition) is 4. The summed E-state index contributed by atoms with van der Waals surface area (Å²) in [5.41, 5.74) is 1.56. The van der Waals surface area contributed by atoms with Crippen molar-refractivity contribution in [3.8, 4) is 0 Å². The molecule has 1 heterocycles. The lowest BCUT2D eigenvalue weighted by Gasteiger charge is -2.23. The second kappa shape index (κ2) is 7.90. The minimum Gasteiger partial charge on any atom is -0.349 e. The van der Waals surface area contributed by atoms with E-state index >= 15 is 0 Å². The lowest BCUT2D eigenvalue weighted by molar-refractivity contribution is 0.0927. The highest BCUT2D eigenvalue weighted by Gasteiger charge is 2.17. The Hall–Kier alpha value is -2.43. The molecule has 1 aliphatic carbocycles. The van der Waals surface area contributed by atoms with Gasteiger partial charge in [0.25, 0.3) is 5.91 Å². The number of aromatic nitrogens is 2. The molecule has 2 aromatic rings. The minimum atomic E-state index is -0.0730. The van der Waals surface area contributed by atoms with E-state index in [1.54, 1.807) is 12.4 Å². The topological polar surface area (TPSA) is 58.1 Å². The molecule has 3 rings (SSSR count). The zero-order chi connectivity index (χ0) is 16.8. The molecule has 0 saturated heterocycles. The molecule has 1 fully saturated rings. The number of carbonyl (C=O) groups is 1. The van der Waals surface area contributed by atoms with Crippen molar-refractivity contribution in [3.05, 3.63) is 48.3 Å². The number of nitrogens with one attached hydrogen (secondary N) is 1. The number of anilines is 2. The predicted molar refractivity (Wildman–Crippen MR) is 95.5 cm³/mol. The molecule has 1 saturated carbocycles. The normalized spacial score (nSPS) is 15.0. The van der Waals surface area contributed by atoms with Gasteiger partial charge in [0.15, 0.2) is 0 Å². The van der Waals surface area contributed by atoms with E-state index in [0.717, 1.165) is 25.1 Å². The molecule has 24 heavy (non-hydrogen) atoms. The van der Waals surface area contributed by atoms with Crippen LogP contribution in [0.5, 0.6) is 0 Å². The van der Waals surface area contributed by atoms with Gasteiger partial charge in [-0.3, -0.25) is 4.79 Å². The van der Waals surface area contributed by atoms with Crippen molar-refractivity contribution in [2.24, 2.45) is 0 Å². The SMILES string of the molecule is CCN(c1ccccc1)c1ncc(C(=O)NC2CCCCC2)cn1. The van der Waals surface area contributed by atoms with Gasteiger partial charge in [0.05, 0.1) is 5.56 Å². The van der Waals surface area contributed by atoms with Crippen LogP contribution in [0.1, 0.15) is 49.4 Å². The molecule has 1 aromatic heterocycles. The van der Waals surface area contributed by atoms with Crippen molar-refractivity contribution in [2.75, 3.05) is 11.4 Å². The number of amides is 1. The van der Waals surface area contributed by atoms with E-state index in [4.69, 9.17) is 0 Å². The van der Waals surface area contributed by atoms with Crippen LogP contribution in [0.4, 0.5) is 11.6 Å². The minimum absolute atomic E-state index is 0.0730. The van der Waals surface area contributed by atoms with Gasteiger partial charge >= 0.3 is 0 Å². The van der Waals surface area contributed by atoms with E-state index in [1.807, 2.05) is 35.2 Å². The summed E-state index contributed by atoms with van der Waals surface area (Å²) in [4.78, 5) is 23.1. The lowest BCUT2D eigenvalue weighted by atomic mass is 9.95. The van der Waals surface area contributed by atoms with Gasteiger partial charge in [0, 0.05) is 30.7 Å². The Kier molecular flexibility index (Phi) is 5.41. The van der Waals surface area contributed by atoms with Crippen LogP contribution >= 0.6 is 0 Å². The first-order valence-corrected chi connectivity index (χ1v) is 8.73. The first-order chi connectivity index (χ1) is 11.8. The zero-order valence-corrected chi connectivity index (χ0v) is 14.1. The molecule has 0 aliphatic heterocycles. The van der Waals surface area contributed by atoms with Crippen LogP contribution in [0, 0.1) is 0 Å². The summed E-state index contributed by atoms with van der Waals surface area (Å²) in [7, 11) is 0. The standard InChI is InChI=1S/C19H24N4O/c1-2-23(17-11-7-4-8-12-17)19-20-13-15(14-21-19)18(24)22-16-9-5-3-6-10-16/h4,7-8,11-14,16H,2-3,5-6,9-10H2,1H3,(H,22,24). The van der Waals surface area contributed by atoms with Crippen molar-refractivity contribution in [1.29, 1.82) is 0 Å². The van der Waals surface area contributed by atoms with Gasteiger partial charge in [0.1, 0.15) is 0 Å². The summed E-state index contributed by atoms with van der Waals surface area (Å²) < 4.78 is 0. The Bertz CT molecular complexity index is 651. The van der Waals surface area contributed by atoms with Gasteiger partial charge in [-0.2, -0.15) is 0 Å². The van der Waals surface area contributed by atoms with Gasteiger partial charge in [0.2, 0.25) is 5.95 Å². The number of benzene rings is 1. The van der Waals surface area contributed by atoms with Crippen LogP contribution in [0.3, 0.4) is 0 Å². The first kappa shape index (κ1) is 16.4. The van der Waals surface area contributed by atoms with Gasteiger partial charge in [-0.25, -0.2) is 9.97 Å². The Balaban J connectivity index is 1.69. The molecule has 5 nitrogen and oxygen atoms in total. The quantitative estimate of drug-likeness (QED) is 0.911.